The normalized spacial score (nSPS) is 16.5. The maximum atomic E-state index is 14.5. The Morgan fingerprint density at radius 1 is 0.530 bits per heavy atom. The van der Waals surface area contributed by atoms with Gasteiger partial charge in [0.2, 0.25) is 17.7 Å². The van der Waals surface area contributed by atoms with E-state index in [9.17, 15) is 81.1 Å². The first-order valence-corrected chi connectivity index (χ1v) is 48.0. The van der Waals surface area contributed by atoms with E-state index in [0.717, 1.165) is 81.5 Å². The largest absolute Gasteiger partial charge is 0.379 e. The van der Waals surface area contributed by atoms with Gasteiger partial charge in [-0.1, -0.05) is 118 Å². The highest BCUT2D eigenvalue weighted by Gasteiger charge is 2.44. The fourth-order valence-electron chi connectivity index (χ4n) is 16.1. The molecular formula is C99H160FN9O25. The second kappa shape index (κ2) is 71.6. The van der Waals surface area contributed by atoms with E-state index in [1.807, 2.05) is 83.9 Å². The van der Waals surface area contributed by atoms with Crippen LogP contribution in [0.3, 0.4) is 0 Å². The van der Waals surface area contributed by atoms with Crippen molar-refractivity contribution in [1.29, 1.82) is 0 Å². The summed E-state index contributed by atoms with van der Waals surface area (Å²) in [6, 6.07) is 8.42. The Kier molecular flexibility index (Phi) is 63.7. The number of benzene rings is 1. The van der Waals surface area contributed by atoms with Gasteiger partial charge in [0.1, 0.15) is 17.3 Å². The minimum absolute atomic E-state index is 0.0104. The molecule has 0 bridgehead atoms. The Bertz CT molecular complexity index is 3750. The van der Waals surface area contributed by atoms with E-state index >= 15 is 0 Å². The number of methoxy groups -OCH3 is 2. The second-order valence-corrected chi connectivity index (χ2v) is 34.8. The van der Waals surface area contributed by atoms with Gasteiger partial charge in [-0.15, -0.1) is 5.06 Å². The summed E-state index contributed by atoms with van der Waals surface area (Å²) >= 11 is 0. The number of likely N-dealkylation sites (N-methyl/N-ethyl adjacent to an activating group) is 2. The van der Waals surface area contributed by atoms with Crippen LogP contribution in [0, 0.1) is 35.5 Å². The lowest BCUT2D eigenvalue weighted by molar-refractivity contribution is -0.197. The third kappa shape index (κ3) is 47.2. The van der Waals surface area contributed by atoms with Crippen molar-refractivity contribution in [3.8, 4) is 0 Å². The van der Waals surface area contributed by atoms with Gasteiger partial charge in [0.25, 0.3) is 47.3 Å². The minimum atomic E-state index is -1.00. The lowest BCUT2D eigenvalue weighted by Gasteiger charge is -2.41. The number of alkyl halides is 1. The summed E-state index contributed by atoms with van der Waals surface area (Å²) in [5.41, 5.74) is 6.13. The molecule has 5 aliphatic heterocycles. The van der Waals surface area contributed by atoms with Gasteiger partial charge in [-0.25, -0.2) is 4.79 Å². The van der Waals surface area contributed by atoms with Gasteiger partial charge in [-0.05, 0) is 121 Å². The zero-order valence-corrected chi connectivity index (χ0v) is 82.5. The molecule has 34 nitrogen and oxygen atoms in total. The molecule has 5 heterocycles. The van der Waals surface area contributed by atoms with Crippen LogP contribution in [0.1, 0.15) is 236 Å². The number of hydroxylamine groups is 2. The first-order valence-electron chi connectivity index (χ1n) is 48.7. The molecule has 5 aliphatic rings. The molecule has 3 N–H and O–H groups in total. The van der Waals surface area contributed by atoms with Gasteiger partial charge in [0, 0.05) is 199 Å². The number of nitrogens with one attached hydrogen (secondary N) is 1. The van der Waals surface area contributed by atoms with E-state index in [2.05, 4.69) is 33.0 Å². The Morgan fingerprint density at radius 3 is 1.39 bits per heavy atom. The van der Waals surface area contributed by atoms with Crippen LogP contribution in [0.5, 0.6) is 0 Å². The molecule has 2 fully saturated rings. The summed E-state index contributed by atoms with van der Waals surface area (Å²) in [5.74, 6) is -5.50. The lowest BCUT2D eigenvalue weighted by atomic mass is 9.83. The van der Waals surface area contributed by atoms with E-state index in [4.69, 9.17) is 49.8 Å². The molecule has 0 unspecified atom stereocenters. The molecule has 0 aromatic heterocycles. The maximum Gasteiger partial charge on any atom is 0.333 e. The first kappa shape index (κ1) is 119. The number of ether oxygens (including phenoxy) is 8. The number of hydrogen-bond acceptors (Lipinski definition) is 27. The molecule has 11 amide bonds. The summed E-state index contributed by atoms with van der Waals surface area (Å²) in [6.45, 7) is 27.1. The third-order valence-electron chi connectivity index (χ3n) is 23.5. The predicted octanol–water partition coefficient (Wildman–Crippen LogP) is 9.84. The highest BCUT2D eigenvalue weighted by Crippen LogP contribution is 2.33. The number of ketones is 4. The van der Waals surface area contributed by atoms with Crippen LogP contribution in [0.15, 0.2) is 66.8 Å². The van der Waals surface area contributed by atoms with Crippen LogP contribution in [-0.4, -0.2) is 320 Å². The quantitative estimate of drug-likeness (QED) is 0.0452. The minimum Gasteiger partial charge on any atom is -0.379 e. The van der Waals surface area contributed by atoms with E-state index in [-0.39, 0.29) is 152 Å². The Balaban J connectivity index is 0.000000829. The zero-order valence-electron chi connectivity index (χ0n) is 83.5. The number of nitrogens with zero attached hydrogens (tertiary/aromatic N) is 7. The van der Waals surface area contributed by atoms with Gasteiger partial charge in [-0.3, -0.25) is 95.9 Å². The van der Waals surface area contributed by atoms with Crippen molar-refractivity contribution in [2.75, 3.05) is 161 Å². The molecule has 0 spiro atoms. The Morgan fingerprint density at radius 2 is 0.970 bits per heavy atom. The number of nitrogens with two attached hydrogens (primary N) is 1. The molecule has 758 valence electrons. The van der Waals surface area contributed by atoms with Gasteiger partial charge in [0.05, 0.1) is 98.1 Å². The van der Waals surface area contributed by atoms with Gasteiger partial charge < -0.3 is 63.6 Å². The van der Waals surface area contributed by atoms with Crippen molar-refractivity contribution in [3.05, 3.63) is 72.4 Å². The van der Waals surface area contributed by atoms with Crippen LogP contribution < -0.4 is 11.1 Å². The van der Waals surface area contributed by atoms with Crippen LogP contribution >= 0.6 is 0 Å². The van der Waals surface area contributed by atoms with Crippen molar-refractivity contribution in [2.45, 2.75) is 266 Å². The van der Waals surface area contributed by atoms with Crippen LogP contribution in [0.25, 0.3) is 0 Å². The molecule has 6 rings (SSSR count). The smallest absolute Gasteiger partial charge is 0.333 e. The fourth-order valence-corrected chi connectivity index (χ4v) is 16.1. The molecule has 2 saturated heterocycles. The van der Waals surface area contributed by atoms with E-state index in [1.165, 1.54) is 46.3 Å². The number of rotatable bonds is 68. The summed E-state index contributed by atoms with van der Waals surface area (Å²) < 4.78 is 60.0. The second-order valence-electron chi connectivity index (χ2n) is 34.8. The lowest BCUT2D eigenvalue weighted by Crippen LogP contribution is -2.54. The van der Waals surface area contributed by atoms with Gasteiger partial charge >= 0.3 is 5.97 Å². The molecule has 0 radical (unpaired) electrons. The van der Waals surface area contributed by atoms with Crippen LogP contribution in [0.4, 0.5) is 4.39 Å². The number of carbonyl (C=O) groups is 16. The van der Waals surface area contributed by atoms with Crippen molar-refractivity contribution >= 4 is 94.1 Å². The van der Waals surface area contributed by atoms with E-state index in [0.29, 0.717) is 174 Å². The number of carbonyl (C=O) groups excluding carboxylic acids is 16. The molecule has 1 aromatic rings. The third-order valence-corrected chi connectivity index (χ3v) is 23.5. The monoisotopic (exact) mass is 1900 g/mol. The van der Waals surface area contributed by atoms with Crippen molar-refractivity contribution in [1.82, 2.24) is 39.8 Å². The SMILES string of the molecule is CCCOCCOCCCC(=O)CCCCCN1C(=O)C=CC1=O.CCCOCCOCCN.CC[C@H](C)[C@@H]([C@@H](CC(=O)N1CCC[C@H]1[C@H](OC)[C@@H](C)C(=O)C[C@H](Cc1ccccc1)C(=O)NCCOCCOCCCC(=O)CCCCCN1C(=O)C=CC1=O)OC)N(C)C(=O)[C@@H](CC(=O)[C@H](C(C)C)N(C)C)C(C)C.O=C(CCCCCN1C(=O)C=CC1=O)ON1C(=O)CCC1=O.[2H]CF. The number of Topliss-reactive ketones (excluding diaryl/α,β-unsaturated/α-hetero) is 4. The van der Waals surface area contributed by atoms with Crippen molar-refractivity contribution < 1.29 is 125 Å². The van der Waals surface area contributed by atoms with Crippen LogP contribution in [-0.2, 0) is 126 Å². The standard InChI is InChI=1S/C59H95N5O12.C18H29NO5.C14H16N2O6.C7H17NO2.CH3F/c1-13-42(6)56(62(10)59(72)47(40(2)3)38-50(67)55(41(4)5)61(8)9)51(73-11)39-54(70)63-31-20-26-48(63)57(74-12)43(7)49(66)37-45(36-44-22-16-14-17-23-44)58(71)60-29-33-76-35-34-75-32-21-25-46(65)24-18-15-19-30-64-52(68)27-28-53(64)69;1-2-12-23-14-15-24-13-6-8-16(20)7-4-3-5-11-19-17(21)9-10-18(19)22;17-10-5-6-11(18)15(10)9-3-1-2-4-14(21)22-16-12(19)7-8-13(16)20;1-2-4-9-6-7-10-5-3-8;1-2/h14,16-17,22-23,27-28,40-43,45,47-48,51,55-57H,13,15,18-21,24-26,29-39H2,1-12H3,(H,60,71);9-10H,2-8,11-15H2,1H3;5-6H,1-4,7-9H2;2-8H2,1H3;1H3/t42-,43-,45-,47-,48-,51+,55-,56-,57+;;;;/m0..../s1/i;;;;1D. The first-order chi connectivity index (χ1) is 64.6. The molecule has 9 atom stereocenters. The average Bonchev–Trinajstić information content (AvgIpc) is 1.79. The predicted molar refractivity (Wildman–Crippen MR) is 503 cm³/mol. The Labute approximate surface area is 796 Å². The molecular weight excluding hydrogens is 1730 g/mol. The number of hydrogen-bond donors (Lipinski definition) is 2. The summed E-state index contributed by atoms with van der Waals surface area (Å²) in [5, 5.41) is 3.48. The van der Waals surface area contributed by atoms with Gasteiger partial charge in [-0.2, -0.15) is 0 Å². The van der Waals surface area contributed by atoms with Crippen molar-refractivity contribution in [2.24, 2.45) is 41.2 Å². The highest BCUT2D eigenvalue weighted by atomic mass is 19.1. The molecule has 0 aliphatic carbocycles. The maximum absolute atomic E-state index is 14.5. The van der Waals surface area contributed by atoms with Gasteiger partial charge in [0.15, 0.2) is 5.78 Å². The Hall–Kier alpha value is -8.91. The number of amides is 11. The van der Waals surface area contributed by atoms with E-state index < -0.39 is 67.0 Å². The topological polar surface area (TPSA) is 417 Å². The summed E-state index contributed by atoms with van der Waals surface area (Å²) in [6.07, 6.45) is 20.6. The number of likely N-dealkylation sites (tertiary alicyclic amines) is 1. The molecule has 0 saturated carbocycles. The van der Waals surface area contributed by atoms with E-state index in [1.54, 1.807) is 31.1 Å². The average molecular weight is 1900 g/mol. The summed E-state index contributed by atoms with van der Waals surface area (Å²) in [7, 11) is 7.67. The zero-order chi connectivity index (χ0) is 101. The number of imide groups is 4. The molecule has 35 heteroatoms. The van der Waals surface area contributed by atoms with Crippen molar-refractivity contribution in [3.63, 3.8) is 0 Å². The highest BCUT2D eigenvalue weighted by molar-refractivity contribution is 6.14. The molecule has 1 aromatic carbocycles. The number of halogens is 1. The number of unbranched alkanes of at least 4 members (excludes halogenated alkanes) is 6. The fraction of sp³-hybridized carbons (Fsp3) is 0.717. The molecule has 134 heavy (non-hydrogen) atoms. The van der Waals surface area contributed by atoms with Crippen LogP contribution in [0.2, 0.25) is 0 Å². The summed E-state index contributed by atoms with van der Waals surface area (Å²) in [4.78, 5) is 211.